The molecule has 0 amide bonds. The van der Waals surface area contributed by atoms with Gasteiger partial charge in [0, 0.05) is 44.0 Å². The molecule has 11 heteroatoms. The van der Waals surface area contributed by atoms with E-state index in [1.165, 1.54) is 13.2 Å². The molecule has 0 saturated carbocycles. The normalized spacial score (nSPS) is 11.1. The van der Waals surface area contributed by atoms with Crippen LogP contribution in [-0.2, 0) is 0 Å². The summed E-state index contributed by atoms with van der Waals surface area (Å²) in [6.45, 7) is 1.38. The number of nitrogens with one attached hydrogen (secondary N) is 1. The van der Waals surface area contributed by atoms with Crippen LogP contribution in [0.15, 0.2) is 48.1 Å². The van der Waals surface area contributed by atoms with Crippen LogP contribution < -0.4 is 15.0 Å². The number of nitro benzene ring substituents is 1. The van der Waals surface area contributed by atoms with Crippen molar-refractivity contribution in [1.29, 1.82) is 0 Å². The van der Waals surface area contributed by atoms with Gasteiger partial charge in [-0.3, -0.25) is 10.1 Å². The molecule has 2 aromatic heterocycles. The first-order valence-corrected chi connectivity index (χ1v) is 11.4. The molecule has 2 aromatic carbocycles. The van der Waals surface area contributed by atoms with E-state index in [-0.39, 0.29) is 5.69 Å². The molecular weight excluding hydrogens is 454 g/mol. The van der Waals surface area contributed by atoms with E-state index in [0.29, 0.717) is 29.6 Å². The van der Waals surface area contributed by atoms with Gasteiger partial charge in [-0.05, 0) is 32.3 Å². The van der Waals surface area contributed by atoms with Crippen LogP contribution in [-0.4, -0.2) is 66.1 Å². The number of thiazole rings is 1. The first-order valence-electron chi connectivity index (χ1n) is 10.5. The standard InChI is InChI=1S/C23H25N7O3S/c1-28(2)9-10-29(3)19-13-21(33-4)18(12-20(19)30(31)32)27-23-24-8-7-16(26-23)15-5-6-17-22(11-15)34-14-25-17/h5-8,11-14H,9-10H2,1-4H3,(H,24,26,27). The van der Waals surface area contributed by atoms with Crippen LogP contribution in [0.2, 0.25) is 0 Å². The molecule has 10 nitrogen and oxygen atoms in total. The number of likely N-dealkylation sites (N-methyl/N-ethyl adjacent to an activating group) is 2. The van der Waals surface area contributed by atoms with Crippen molar-refractivity contribution in [3.63, 3.8) is 0 Å². The van der Waals surface area contributed by atoms with E-state index in [2.05, 4.69) is 20.3 Å². The SMILES string of the molecule is COc1cc(N(C)CCN(C)C)c([N+](=O)[O-])cc1Nc1nccc(-c2ccc3ncsc3c2)n1. The number of methoxy groups -OCH3 is 1. The first-order chi connectivity index (χ1) is 16.4. The van der Waals surface area contributed by atoms with Gasteiger partial charge >= 0.3 is 0 Å². The maximum absolute atomic E-state index is 11.9. The number of nitrogens with zero attached hydrogens (tertiary/aromatic N) is 6. The van der Waals surface area contributed by atoms with Gasteiger partial charge < -0.3 is 19.9 Å². The van der Waals surface area contributed by atoms with Crippen LogP contribution in [0.1, 0.15) is 0 Å². The van der Waals surface area contributed by atoms with E-state index in [9.17, 15) is 10.1 Å². The number of hydrogen-bond donors (Lipinski definition) is 1. The van der Waals surface area contributed by atoms with Gasteiger partial charge in [0.1, 0.15) is 11.4 Å². The van der Waals surface area contributed by atoms with Crippen molar-refractivity contribution in [3.8, 4) is 17.0 Å². The molecule has 0 unspecified atom stereocenters. The molecule has 0 spiro atoms. The number of nitro groups is 1. The lowest BCUT2D eigenvalue weighted by atomic mass is 10.1. The summed E-state index contributed by atoms with van der Waals surface area (Å²) in [5.41, 5.74) is 5.25. The van der Waals surface area contributed by atoms with Crippen LogP contribution in [0.5, 0.6) is 5.75 Å². The van der Waals surface area contributed by atoms with E-state index in [1.807, 2.05) is 60.7 Å². The van der Waals surface area contributed by atoms with Crippen molar-refractivity contribution in [2.75, 3.05) is 51.6 Å². The minimum Gasteiger partial charge on any atom is -0.494 e. The van der Waals surface area contributed by atoms with E-state index in [4.69, 9.17) is 4.74 Å². The minimum atomic E-state index is -0.395. The smallest absolute Gasteiger partial charge is 0.294 e. The molecule has 0 bridgehead atoms. The second-order valence-corrected chi connectivity index (χ2v) is 8.83. The van der Waals surface area contributed by atoms with Crippen molar-refractivity contribution < 1.29 is 9.66 Å². The summed E-state index contributed by atoms with van der Waals surface area (Å²) in [5.74, 6) is 0.764. The second-order valence-electron chi connectivity index (χ2n) is 7.95. The Morgan fingerprint density at radius 1 is 1.12 bits per heavy atom. The molecule has 0 saturated heterocycles. The fourth-order valence-electron chi connectivity index (χ4n) is 3.46. The third kappa shape index (κ3) is 5.05. The Labute approximate surface area is 201 Å². The molecule has 4 rings (SSSR count). The number of hydrogen-bond acceptors (Lipinski definition) is 10. The van der Waals surface area contributed by atoms with Crippen molar-refractivity contribution >= 4 is 44.6 Å². The topological polar surface area (TPSA) is 110 Å². The van der Waals surface area contributed by atoms with Crippen LogP contribution in [0.3, 0.4) is 0 Å². The van der Waals surface area contributed by atoms with Crippen molar-refractivity contribution in [1.82, 2.24) is 19.9 Å². The summed E-state index contributed by atoms with van der Waals surface area (Å²) in [6.07, 6.45) is 1.64. The molecule has 0 atom stereocenters. The molecule has 1 N–H and O–H groups in total. The molecule has 0 aliphatic heterocycles. The van der Waals surface area contributed by atoms with Gasteiger partial charge in [0.15, 0.2) is 0 Å². The molecule has 34 heavy (non-hydrogen) atoms. The summed E-state index contributed by atoms with van der Waals surface area (Å²) >= 11 is 1.56. The third-order valence-electron chi connectivity index (χ3n) is 5.32. The summed E-state index contributed by atoms with van der Waals surface area (Å²) in [6, 6.07) is 10.9. The number of fused-ring (bicyclic) bond motifs is 1. The molecule has 0 radical (unpaired) electrons. The summed E-state index contributed by atoms with van der Waals surface area (Å²) in [7, 11) is 7.27. The minimum absolute atomic E-state index is 0.0312. The van der Waals surface area contributed by atoms with Crippen molar-refractivity contribution in [2.24, 2.45) is 0 Å². The van der Waals surface area contributed by atoms with Gasteiger partial charge in [0.25, 0.3) is 5.69 Å². The van der Waals surface area contributed by atoms with Crippen LogP contribution in [0, 0.1) is 10.1 Å². The zero-order valence-electron chi connectivity index (χ0n) is 19.3. The number of anilines is 3. The van der Waals surface area contributed by atoms with Crippen LogP contribution in [0.4, 0.5) is 23.0 Å². The van der Waals surface area contributed by atoms with Gasteiger partial charge in [-0.1, -0.05) is 6.07 Å². The molecule has 4 aromatic rings. The number of rotatable bonds is 9. The van der Waals surface area contributed by atoms with Crippen LogP contribution in [0.25, 0.3) is 21.5 Å². The molecule has 0 aliphatic rings. The lowest BCUT2D eigenvalue weighted by Crippen LogP contribution is -2.28. The predicted molar refractivity (Wildman–Crippen MR) is 135 cm³/mol. The highest BCUT2D eigenvalue weighted by Crippen LogP contribution is 2.39. The van der Waals surface area contributed by atoms with E-state index in [0.717, 1.165) is 28.0 Å². The zero-order chi connectivity index (χ0) is 24.2. The fraction of sp³-hybridized carbons (Fsp3) is 0.261. The Kier molecular flexibility index (Phi) is 6.85. The Morgan fingerprint density at radius 2 is 1.94 bits per heavy atom. The lowest BCUT2D eigenvalue weighted by molar-refractivity contribution is -0.384. The molecule has 0 fully saturated rings. The number of ether oxygens (including phenoxy) is 1. The van der Waals surface area contributed by atoms with Crippen molar-refractivity contribution in [2.45, 2.75) is 0 Å². The molecule has 2 heterocycles. The monoisotopic (exact) mass is 479 g/mol. The maximum Gasteiger partial charge on any atom is 0.294 e. The number of benzene rings is 2. The van der Waals surface area contributed by atoms with Gasteiger partial charge in [0.05, 0.1) is 39.1 Å². The van der Waals surface area contributed by atoms with Crippen molar-refractivity contribution in [3.05, 3.63) is 58.2 Å². The van der Waals surface area contributed by atoms with Gasteiger partial charge in [0.2, 0.25) is 5.95 Å². The second kappa shape index (κ2) is 9.98. The lowest BCUT2D eigenvalue weighted by Gasteiger charge is -2.22. The van der Waals surface area contributed by atoms with Gasteiger partial charge in [-0.25, -0.2) is 15.0 Å². The molecule has 0 aliphatic carbocycles. The summed E-state index contributed by atoms with van der Waals surface area (Å²) in [5, 5.41) is 14.9. The Balaban J connectivity index is 1.66. The highest BCUT2D eigenvalue weighted by molar-refractivity contribution is 7.16. The Bertz CT molecular complexity index is 1330. The average molecular weight is 480 g/mol. The zero-order valence-corrected chi connectivity index (χ0v) is 20.2. The predicted octanol–water partition coefficient (Wildman–Crippen LogP) is 4.41. The largest absolute Gasteiger partial charge is 0.494 e. The summed E-state index contributed by atoms with van der Waals surface area (Å²) < 4.78 is 6.61. The van der Waals surface area contributed by atoms with Crippen LogP contribution >= 0.6 is 11.3 Å². The molecule has 176 valence electrons. The van der Waals surface area contributed by atoms with Gasteiger partial charge in [-0.2, -0.15) is 0 Å². The quantitative estimate of drug-likeness (QED) is 0.276. The van der Waals surface area contributed by atoms with E-state index >= 15 is 0 Å². The Hall–Kier alpha value is -3.83. The van der Waals surface area contributed by atoms with E-state index < -0.39 is 4.92 Å². The maximum atomic E-state index is 11.9. The summed E-state index contributed by atoms with van der Waals surface area (Å²) in [4.78, 5) is 28.5. The Morgan fingerprint density at radius 3 is 2.68 bits per heavy atom. The number of aromatic nitrogens is 3. The first kappa shape index (κ1) is 23.3. The highest BCUT2D eigenvalue weighted by Gasteiger charge is 2.22. The average Bonchev–Trinajstić information content (AvgIpc) is 3.30. The van der Waals surface area contributed by atoms with Gasteiger partial charge in [-0.15, -0.1) is 11.3 Å². The molecular formula is C23H25N7O3S. The highest BCUT2D eigenvalue weighted by atomic mass is 32.1. The fourth-order valence-corrected chi connectivity index (χ4v) is 4.18. The third-order valence-corrected chi connectivity index (χ3v) is 6.11. The van der Waals surface area contributed by atoms with E-state index in [1.54, 1.807) is 23.6 Å².